The monoisotopic (exact) mass is 416 g/mol. The molecule has 3 rings (SSSR count). The van der Waals surface area contributed by atoms with Crippen LogP contribution in [0.4, 0.5) is 0 Å². The van der Waals surface area contributed by atoms with Crippen molar-refractivity contribution in [1.82, 2.24) is 10.3 Å². The molecule has 0 aliphatic rings. The molecule has 1 atom stereocenters. The molecule has 0 saturated heterocycles. The Bertz CT molecular complexity index is 818. The van der Waals surface area contributed by atoms with Gasteiger partial charge in [0.1, 0.15) is 12.4 Å². The first kappa shape index (κ1) is 17.6. The number of hydrogen-bond acceptors (Lipinski definition) is 4. The minimum absolute atomic E-state index is 0.0683. The van der Waals surface area contributed by atoms with Gasteiger partial charge in [0.25, 0.3) is 5.91 Å². The molecular weight excluding hydrogens is 400 g/mol. The maximum atomic E-state index is 12.4. The highest BCUT2D eigenvalue weighted by Gasteiger charge is 2.11. The first-order valence-electron chi connectivity index (χ1n) is 7.78. The fourth-order valence-corrected chi connectivity index (χ4v) is 3.09. The first-order valence-corrected chi connectivity index (χ1v) is 9.51. The third-order valence-corrected chi connectivity index (χ3v) is 4.87. The third-order valence-electron chi connectivity index (χ3n) is 3.70. The summed E-state index contributed by atoms with van der Waals surface area (Å²) in [6.45, 7) is 2.39. The second kappa shape index (κ2) is 8.27. The summed E-state index contributed by atoms with van der Waals surface area (Å²) in [5.41, 5.74) is 4.33. The summed E-state index contributed by atoms with van der Waals surface area (Å²) in [7, 11) is 0. The van der Waals surface area contributed by atoms with Crippen molar-refractivity contribution in [3.05, 3.63) is 80.7 Å². The van der Waals surface area contributed by atoms with E-state index in [2.05, 4.69) is 26.2 Å². The fraction of sp³-hybridized carbons (Fsp3) is 0.158. The van der Waals surface area contributed by atoms with Gasteiger partial charge in [0, 0.05) is 15.4 Å². The SMILES string of the molecule is CC(NC(=O)c1ccc(OCc2cscn2)cc1)c1ccc(Br)cc1. The summed E-state index contributed by atoms with van der Waals surface area (Å²) < 4.78 is 6.67. The quantitative estimate of drug-likeness (QED) is 0.616. The first-order chi connectivity index (χ1) is 12.1. The van der Waals surface area contributed by atoms with Gasteiger partial charge in [-0.25, -0.2) is 4.98 Å². The van der Waals surface area contributed by atoms with Gasteiger partial charge in [0.05, 0.1) is 17.2 Å². The Morgan fingerprint density at radius 2 is 1.92 bits per heavy atom. The molecule has 0 aliphatic carbocycles. The maximum absolute atomic E-state index is 12.4. The summed E-state index contributed by atoms with van der Waals surface area (Å²) in [5, 5.41) is 4.95. The van der Waals surface area contributed by atoms with E-state index in [-0.39, 0.29) is 11.9 Å². The molecule has 6 heteroatoms. The molecule has 0 radical (unpaired) electrons. The highest BCUT2D eigenvalue weighted by Crippen LogP contribution is 2.18. The summed E-state index contributed by atoms with van der Waals surface area (Å²) in [6.07, 6.45) is 0. The smallest absolute Gasteiger partial charge is 0.251 e. The topological polar surface area (TPSA) is 51.2 Å². The van der Waals surface area contributed by atoms with E-state index >= 15 is 0 Å². The van der Waals surface area contributed by atoms with Crippen LogP contribution >= 0.6 is 27.3 Å². The molecule has 1 unspecified atom stereocenters. The third kappa shape index (κ3) is 4.90. The standard InChI is InChI=1S/C19H17BrN2O2S/c1-13(14-2-6-16(20)7-3-14)22-19(23)15-4-8-18(9-5-15)24-10-17-11-25-12-21-17/h2-9,11-13H,10H2,1H3,(H,22,23). The number of hydrogen-bond donors (Lipinski definition) is 1. The Hall–Kier alpha value is -2.18. The molecule has 1 N–H and O–H groups in total. The number of amides is 1. The molecule has 0 fully saturated rings. The normalized spacial score (nSPS) is 11.8. The minimum atomic E-state index is -0.110. The summed E-state index contributed by atoms with van der Waals surface area (Å²) >= 11 is 4.95. The maximum Gasteiger partial charge on any atom is 0.251 e. The van der Waals surface area contributed by atoms with Crippen molar-refractivity contribution in [3.8, 4) is 5.75 Å². The van der Waals surface area contributed by atoms with E-state index in [1.807, 2.05) is 36.6 Å². The van der Waals surface area contributed by atoms with Gasteiger partial charge >= 0.3 is 0 Å². The number of thiazole rings is 1. The Morgan fingerprint density at radius 1 is 1.20 bits per heavy atom. The van der Waals surface area contributed by atoms with Crippen LogP contribution in [-0.2, 0) is 6.61 Å². The van der Waals surface area contributed by atoms with E-state index in [4.69, 9.17) is 4.74 Å². The molecular formula is C19H17BrN2O2S. The number of aromatic nitrogens is 1. The van der Waals surface area contributed by atoms with Crippen molar-refractivity contribution in [1.29, 1.82) is 0 Å². The zero-order chi connectivity index (χ0) is 17.6. The molecule has 0 saturated carbocycles. The van der Waals surface area contributed by atoms with Crippen molar-refractivity contribution in [2.24, 2.45) is 0 Å². The lowest BCUT2D eigenvalue weighted by Crippen LogP contribution is -2.26. The number of carbonyl (C=O) groups is 1. The van der Waals surface area contributed by atoms with Crippen molar-refractivity contribution in [2.75, 3.05) is 0 Å². The van der Waals surface area contributed by atoms with E-state index in [0.717, 1.165) is 15.7 Å². The molecule has 128 valence electrons. The van der Waals surface area contributed by atoms with Gasteiger partial charge in [-0.15, -0.1) is 11.3 Å². The van der Waals surface area contributed by atoms with Crippen molar-refractivity contribution >= 4 is 33.2 Å². The lowest BCUT2D eigenvalue weighted by Gasteiger charge is -2.14. The Kier molecular flexibility index (Phi) is 5.83. The lowest BCUT2D eigenvalue weighted by atomic mass is 10.1. The Morgan fingerprint density at radius 3 is 2.56 bits per heavy atom. The largest absolute Gasteiger partial charge is 0.487 e. The van der Waals surface area contributed by atoms with Crippen LogP contribution in [0.2, 0.25) is 0 Å². The molecule has 2 aromatic carbocycles. The second-order valence-corrected chi connectivity index (χ2v) is 7.17. The number of carbonyl (C=O) groups excluding carboxylic acids is 1. The number of halogens is 1. The number of ether oxygens (including phenoxy) is 1. The number of rotatable bonds is 6. The van der Waals surface area contributed by atoms with Crippen LogP contribution in [0.15, 0.2) is 63.9 Å². The van der Waals surface area contributed by atoms with Crippen LogP contribution in [0, 0.1) is 0 Å². The molecule has 4 nitrogen and oxygen atoms in total. The average Bonchev–Trinajstić information content (AvgIpc) is 3.14. The number of nitrogens with one attached hydrogen (secondary N) is 1. The zero-order valence-corrected chi connectivity index (χ0v) is 16.0. The molecule has 1 heterocycles. The van der Waals surface area contributed by atoms with E-state index in [0.29, 0.717) is 17.9 Å². The van der Waals surface area contributed by atoms with Crippen molar-refractivity contribution in [3.63, 3.8) is 0 Å². The van der Waals surface area contributed by atoms with Crippen LogP contribution in [-0.4, -0.2) is 10.9 Å². The molecule has 1 aromatic heterocycles. The summed E-state index contributed by atoms with van der Waals surface area (Å²) in [5.74, 6) is 0.604. The van der Waals surface area contributed by atoms with Gasteiger partial charge in [-0.1, -0.05) is 28.1 Å². The molecule has 25 heavy (non-hydrogen) atoms. The van der Waals surface area contributed by atoms with E-state index in [1.165, 1.54) is 11.3 Å². The molecule has 0 spiro atoms. The summed E-state index contributed by atoms with van der Waals surface area (Å²) in [4.78, 5) is 16.6. The molecule has 0 aliphatic heterocycles. The van der Waals surface area contributed by atoms with Gasteiger partial charge in [-0.3, -0.25) is 4.79 Å². The summed E-state index contributed by atoms with van der Waals surface area (Å²) in [6, 6.07) is 15.0. The molecule has 3 aromatic rings. The zero-order valence-electron chi connectivity index (χ0n) is 13.6. The molecule has 0 bridgehead atoms. The lowest BCUT2D eigenvalue weighted by molar-refractivity contribution is 0.0940. The van der Waals surface area contributed by atoms with Gasteiger partial charge in [-0.05, 0) is 48.9 Å². The highest BCUT2D eigenvalue weighted by atomic mass is 79.9. The van der Waals surface area contributed by atoms with Crippen molar-refractivity contribution < 1.29 is 9.53 Å². The van der Waals surface area contributed by atoms with Gasteiger partial charge < -0.3 is 10.1 Å². The van der Waals surface area contributed by atoms with Crippen molar-refractivity contribution in [2.45, 2.75) is 19.6 Å². The number of benzene rings is 2. The number of nitrogens with zero attached hydrogens (tertiary/aromatic N) is 1. The minimum Gasteiger partial charge on any atom is -0.487 e. The Labute approximate surface area is 159 Å². The van der Waals surface area contributed by atoms with Gasteiger partial charge in [0.15, 0.2) is 0 Å². The predicted molar refractivity (Wildman–Crippen MR) is 103 cm³/mol. The van der Waals surface area contributed by atoms with Crippen LogP contribution in [0.5, 0.6) is 5.75 Å². The van der Waals surface area contributed by atoms with E-state index in [9.17, 15) is 4.79 Å². The van der Waals surface area contributed by atoms with Gasteiger partial charge in [-0.2, -0.15) is 0 Å². The second-order valence-electron chi connectivity index (χ2n) is 5.54. The predicted octanol–water partition coefficient (Wildman–Crippen LogP) is 4.98. The highest BCUT2D eigenvalue weighted by molar-refractivity contribution is 9.10. The van der Waals surface area contributed by atoms with E-state index < -0.39 is 0 Å². The van der Waals surface area contributed by atoms with Crippen LogP contribution in [0.25, 0.3) is 0 Å². The Balaban J connectivity index is 1.57. The van der Waals surface area contributed by atoms with Crippen LogP contribution in [0.1, 0.15) is 34.6 Å². The average molecular weight is 417 g/mol. The van der Waals surface area contributed by atoms with E-state index in [1.54, 1.807) is 29.8 Å². The molecule has 1 amide bonds. The van der Waals surface area contributed by atoms with Crippen LogP contribution in [0.3, 0.4) is 0 Å². The van der Waals surface area contributed by atoms with Gasteiger partial charge in [0.2, 0.25) is 0 Å². The van der Waals surface area contributed by atoms with Crippen LogP contribution < -0.4 is 10.1 Å². The fourth-order valence-electron chi connectivity index (χ4n) is 2.28.